The number of carbonyl (C=O) groups excluding carboxylic acids is 2. The minimum absolute atomic E-state index is 0.0356. The van der Waals surface area contributed by atoms with Gasteiger partial charge in [0.1, 0.15) is 5.69 Å². The normalized spacial score (nSPS) is 15.3. The zero-order valence-electron chi connectivity index (χ0n) is 12.6. The average Bonchev–Trinajstić information content (AvgIpc) is 3.09. The summed E-state index contributed by atoms with van der Waals surface area (Å²) >= 11 is 1.64. The highest BCUT2D eigenvalue weighted by Gasteiger charge is 2.26. The summed E-state index contributed by atoms with van der Waals surface area (Å²) < 4.78 is 3.13. The molecule has 0 aromatic carbocycles. The second-order valence-corrected chi connectivity index (χ2v) is 6.34. The largest absolute Gasteiger partial charge is 0.339 e. The SMILES string of the molecule is C=CCn1c(C(=O)N2CCN(C(C)=O)CC2)cc2sccc21. The van der Waals surface area contributed by atoms with Crippen molar-refractivity contribution in [1.29, 1.82) is 0 Å². The van der Waals surface area contributed by atoms with E-state index in [2.05, 4.69) is 6.58 Å². The molecule has 0 unspecified atom stereocenters. The second-order valence-electron chi connectivity index (χ2n) is 5.40. The van der Waals surface area contributed by atoms with Gasteiger partial charge in [0.05, 0.1) is 10.2 Å². The Morgan fingerprint density at radius 2 is 1.95 bits per heavy atom. The first-order valence-corrected chi connectivity index (χ1v) is 8.22. The van der Waals surface area contributed by atoms with Crippen LogP contribution in [0.2, 0.25) is 0 Å². The molecule has 0 spiro atoms. The lowest BCUT2D eigenvalue weighted by Crippen LogP contribution is -2.50. The lowest BCUT2D eigenvalue weighted by atomic mass is 10.2. The third-order valence-corrected chi connectivity index (χ3v) is 4.92. The zero-order valence-corrected chi connectivity index (χ0v) is 13.4. The van der Waals surface area contributed by atoms with E-state index in [1.165, 1.54) is 0 Å². The number of rotatable bonds is 3. The van der Waals surface area contributed by atoms with Gasteiger partial charge in [0.25, 0.3) is 5.91 Å². The number of piperazine rings is 1. The fourth-order valence-electron chi connectivity index (χ4n) is 2.87. The van der Waals surface area contributed by atoms with Gasteiger partial charge in [-0.3, -0.25) is 9.59 Å². The van der Waals surface area contributed by atoms with E-state index in [1.54, 1.807) is 23.2 Å². The smallest absolute Gasteiger partial charge is 0.270 e. The van der Waals surface area contributed by atoms with Crippen LogP contribution >= 0.6 is 11.3 Å². The molecule has 0 bridgehead atoms. The van der Waals surface area contributed by atoms with E-state index >= 15 is 0 Å². The molecule has 6 heteroatoms. The average molecular weight is 317 g/mol. The van der Waals surface area contributed by atoms with E-state index in [0.29, 0.717) is 38.4 Å². The molecule has 1 aliphatic heterocycles. The van der Waals surface area contributed by atoms with E-state index in [1.807, 2.05) is 33.1 Å². The van der Waals surface area contributed by atoms with Gasteiger partial charge in [-0.05, 0) is 17.5 Å². The van der Waals surface area contributed by atoms with Gasteiger partial charge < -0.3 is 14.4 Å². The highest BCUT2D eigenvalue weighted by atomic mass is 32.1. The Hall–Kier alpha value is -2.08. The summed E-state index contributed by atoms with van der Waals surface area (Å²) in [5.74, 6) is 0.107. The van der Waals surface area contributed by atoms with Crippen molar-refractivity contribution in [3.8, 4) is 0 Å². The molecule has 22 heavy (non-hydrogen) atoms. The molecule has 1 aliphatic rings. The zero-order chi connectivity index (χ0) is 15.7. The van der Waals surface area contributed by atoms with Gasteiger partial charge in [0.2, 0.25) is 5.91 Å². The van der Waals surface area contributed by atoms with Crippen LogP contribution in [0.15, 0.2) is 30.2 Å². The molecule has 3 heterocycles. The predicted molar refractivity (Wildman–Crippen MR) is 88.2 cm³/mol. The summed E-state index contributed by atoms with van der Waals surface area (Å²) in [6, 6.07) is 4.00. The first-order chi connectivity index (χ1) is 10.6. The van der Waals surface area contributed by atoms with Crippen molar-refractivity contribution in [2.75, 3.05) is 26.2 Å². The molecule has 0 atom stereocenters. The lowest BCUT2D eigenvalue weighted by molar-refractivity contribution is -0.130. The molecule has 2 amide bonds. The standard InChI is InChI=1S/C16H19N3O2S/c1-3-5-19-13-4-10-22-15(13)11-14(19)16(21)18-8-6-17(7-9-18)12(2)20/h3-4,10-11H,1,5-9H2,2H3. The fourth-order valence-corrected chi connectivity index (χ4v) is 3.69. The molecule has 116 valence electrons. The van der Waals surface area contributed by atoms with Gasteiger partial charge in [0.15, 0.2) is 0 Å². The van der Waals surface area contributed by atoms with Gasteiger partial charge in [-0.1, -0.05) is 6.08 Å². The maximum atomic E-state index is 12.8. The number of nitrogens with zero attached hydrogens (tertiary/aromatic N) is 3. The van der Waals surface area contributed by atoms with Crippen LogP contribution in [0.1, 0.15) is 17.4 Å². The summed E-state index contributed by atoms with van der Waals surface area (Å²) in [7, 11) is 0. The Kier molecular flexibility index (Phi) is 4.02. The van der Waals surface area contributed by atoms with Crippen molar-refractivity contribution in [3.63, 3.8) is 0 Å². The number of allylic oxidation sites excluding steroid dienone is 1. The van der Waals surface area contributed by atoms with E-state index < -0.39 is 0 Å². The second kappa shape index (κ2) is 5.96. The van der Waals surface area contributed by atoms with Crippen LogP contribution < -0.4 is 0 Å². The number of hydrogen-bond acceptors (Lipinski definition) is 3. The Morgan fingerprint density at radius 3 is 2.59 bits per heavy atom. The van der Waals surface area contributed by atoms with Gasteiger partial charge in [-0.25, -0.2) is 0 Å². The Morgan fingerprint density at radius 1 is 1.27 bits per heavy atom. The number of amides is 2. The minimum Gasteiger partial charge on any atom is -0.339 e. The molecule has 1 fully saturated rings. The quantitative estimate of drug-likeness (QED) is 0.815. The fraction of sp³-hybridized carbons (Fsp3) is 0.375. The molecular weight excluding hydrogens is 298 g/mol. The first kappa shape index (κ1) is 14.8. The van der Waals surface area contributed by atoms with Crippen LogP contribution in [0.5, 0.6) is 0 Å². The summed E-state index contributed by atoms with van der Waals surface area (Å²) in [5.41, 5.74) is 1.79. The van der Waals surface area contributed by atoms with Gasteiger partial charge in [0, 0.05) is 39.6 Å². The molecule has 2 aromatic heterocycles. The summed E-state index contributed by atoms with van der Waals surface area (Å²) in [6.07, 6.45) is 1.81. The van der Waals surface area contributed by atoms with E-state index in [0.717, 1.165) is 10.2 Å². The Balaban J connectivity index is 1.83. The number of hydrogen-bond donors (Lipinski definition) is 0. The molecule has 0 radical (unpaired) electrons. The predicted octanol–water partition coefficient (Wildman–Crippen LogP) is 2.19. The monoisotopic (exact) mass is 317 g/mol. The van der Waals surface area contributed by atoms with Crippen LogP contribution in [0.25, 0.3) is 10.2 Å². The lowest BCUT2D eigenvalue weighted by Gasteiger charge is -2.34. The third-order valence-electron chi connectivity index (χ3n) is 4.07. The minimum atomic E-state index is 0.0356. The maximum Gasteiger partial charge on any atom is 0.270 e. The third kappa shape index (κ3) is 2.54. The summed E-state index contributed by atoms with van der Waals surface area (Å²) in [4.78, 5) is 27.8. The molecule has 3 rings (SSSR count). The first-order valence-electron chi connectivity index (χ1n) is 7.34. The van der Waals surface area contributed by atoms with Crippen LogP contribution in [-0.2, 0) is 11.3 Å². The van der Waals surface area contributed by atoms with Crippen LogP contribution in [0.3, 0.4) is 0 Å². The van der Waals surface area contributed by atoms with Crippen LogP contribution in [0.4, 0.5) is 0 Å². The number of thiophene rings is 1. The Bertz CT molecular complexity index is 723. The maximum absolute atomic E-state index is 12.8. The van der Waals surface area contributed by atoms with Crippen molar-refractivity contribution < 1.29 is 9.59 Å². The van der Waals surface area contributed by atoms with Crippen LogP contribution in [0, 0.1) is 0 Å². The van der Waals surface area contributed by atoms with Gasteiger partial charge in [-0.2, -0.15) is 0 Å². The van der Waals surface area contributed by atoms with Crippen molar-refractivity contribution in [2.45, 2.75) is 13.5 Å². The van der Waals surface area contributed by atoms with Crippen molar-refractivity contribution in [3.05, 3.63) is 35.9 Å². The van der Waals surface area contributed by atoms with E-state index in [-0.39, 0.29) is 11.8 Å². The summed E-state index contributed by atoms with van der Waals surface area (Å²) in [5, 5.41) is 2.03. The Labute approximate surface area is 133 Å². The molecule has 0 aliphatic carbocycles. The van der Waals surface area contributed by atoms with Crippen molar-refractivity contribution in [2.24, 2.45) is 0 Å². The highest BCUT2D eigenvalue weighted by Crippen LogP contribution is 2.26. The highest BCUT2D eigenvalue weighted by molar-refractivity contribution is 7.17. The topological polar surface area (TPSA) is 45.6 Å². The molecule has 0 saturated carbocycles. The molecule has 5 nitrogen and oxygen atoms in total. The van der Waals surface area contributed by atoms with E-state index in [4.69, 9.17) is 0 Å². The molecule has 2 aromatic rings. The number of fused-ring (bicyclic) bond motifs is 1. The molecule has 1 saturated heterocycles. The van der Waals surface area contributed by atoms with Gasteiger partial charge in [-0.15, -0.1) is 17.9 Å². The van der Waals surface area contributed by atoms with Crippen molar-refractivity contribution >= 4 is 33.4 Å². The molecule has 0 N–H and O–H groups in total. The van der Waals surface area contributed by atoms with Crippen LogP contribution in [-0.4, -0.2) is 52.4 Å². The summed E-state index contributed by atoms with van der Waals surface area (Å²) in [6.45, 7) is 8.37. The number of aromatic nitrogens is 1. The van der Waals surface area contributed by atoms with E-state index in [9.17, 15) is 9.59 Å². The molecular formula is C16H19N3O2S. The number of carbonyl (C=O) groups is 2. The van der Waals surface area contributed by atoms with Crippen molar-refractivity contribution in [1.82, 2.24) is 14.4 Å². The van der Waals surface area contributed by atoms with Gasteiger partial charge >= 0.3 is 0 Å².